The lowest BCUT2D eigenvalue weighted by Crippen LogP contribution is -2.12. The van der Waals surface area contributed by atoms with Gasteiger partial charge in [-0.1, -0.05) is 6.07 Å². The lowest BCUT2D eigenvalue weighted by atomic mass is 10.0. The van der Waals surface area contributed by atoms with E-state index in [0.717, 1.165) is 6.08 Å². The number of aliphatic carboxylic acids is 1. The quantitative estimate of drug-likeness (QED) is 0.310. The number of nitrogens with zero attached hydrogens (tertiary/aromatic N) is 3. The number of carboxylic acid groups (broad SMARTS) is 1. The number of carboxylic acids is 1. The standard InChI is InChI=1S/C22H11F6N3O2/c23-21(24,25)16-4-12(5-17(7-16)22(26,27)28)10-31-11-15(6-14(9-30)20(32)33)19-13(8-29)2-1-3-18(19)31/h1-7,11H,10H2,(H,32,33)/b14-6+. The topological polar surface area (TPSA) is 89.8 Å². The predicted octanol–water partition coefficient (Wildman–Crippen LogP) is 5.59. The molecule has 0 amide bonds. The smallest absolute Gasteiger partial charge is 0.416 e. The van der Waals surface area contributed by atoms with Crippen LogP contribution in [0.1, 0.15) is 27.8 Å². The van der Waals surface area contributed by atoms with Gasteiger partial charge in [0.25, 0.3) is 0 Å². The van der Waals surface area contributed by atoms with E-state index in [4.69, 9.17) is 10.4 Å². The Kier molecular flexibility index (Phi) is 5.93. The molecule has 1 aromatic heterocycles. The summed E-state index contributed by atoms with van der Waals surface area (Å²) in [5, 5.41) is 27.7. The number of hydrogen-bond acceptors (Lipinski definition) is 3. The number of alkyl halides is 6. The number of rotatable bonds is 4. The monoisotopic (exact) mass is 463 g/mol. The van der Waals surface area contributed by atoms with E-state index in [1.807, 2.05) is 6.07 Å². The molecule has 0 fully saturated rings. The van der Waals surface area contributed by atoms with Crippen LogP contribution in [0.3, 0.4) is 0 Å². The molecule has 33 heavy (non-hydrogen) atoms. The molecule has 0 aliphatic heterocycles. The van der Waals surface area contributed by atoms with Crippen molar-refractivity contribution in [3.63, 3.8) is 0 Å². The van der Waals surface area contributed by atoms with Crippen molar-refractivity contribution < 1.29 is 36.2 Å². The third-order valence-corrected chi connectivity index (χ3v) is 4.71. The lowest BCUT2D eigenvalue weighted by molar-refractivity contribution is -0.143. The summed E-state index contributed by atoms with van der Waals surface area (Å²) in [4.78, 5) is 11.2. The molecule has 2 aromatic carbocycles. The Morgan fingerprint density at radius 2 is 1.64 bits per heavy atom. The highest BCUT2D eigenvalue weighted by atomic mass is 19.4. The zero-order valence-electron chi connectivity index (χ0n) is 16.3. The Bertz CT molecular complexity index is 1340. The van der Waals surface area contributed by atoms with Crippen molar-refractivity contribution in [2.75, 3.05) is 0 Å². The molecule has 0 radical (unpaired) electrons. The first-order valence-electron chi connectivity index (χ1n) is 9.00. The van der Waals surface area contributed by atoms with Gasteiger partial charge in [0, 0.05) is 23.7 Å². The molecule has 0 aliphatic carbocycles. The molecule has 168 valence electrons. The summed E-state index contributed by atoms with van der Waals surface area (Å²) in [6.07, 6.45) is -7.78. The fourth-order valence-electron chi connectivity index (χ4n) is 3.32. The minimum atomic E-state index is -5.01. The van der Waals surface area contributed by atoms with Gasteiger partial charge in [-0.15, -0.1) is 0 Å². The van der Waals surface area contributed by atoms with Crippen LogP contribution in [-0.4, -0.2) is 15.6 Å². The first kappa shape index (κ1) is 23.4. The average molecular weight is 463 g/mol. The Morgan fingerprint density at radius 1 is 1.03 bits per heavy atom. The normalized spacial score (nSPS) is 12.4. The fourth-order valence-corrected chi connectivity index (χ4v) is 3.32. The van der Waals surface area contributed by atoms with Crippen LogP contribution in [0.5, 0.6) is 0 Å². The Labute approximate surface area is 182 Å². The molecule has 3 aromatic rings. The molecule has 5 nitrogen and oxygen atoms in total. The summed E-state index contributed by atoms with van der Waals surface area (Å²) in [5.74, 6) is -1.54. The SMILES string of the molecule is N#C/C(=C\c1cn(Cc2cc(C(F)(F)F)cc(C(F)(F)F)c2)c2cccc(C#N)c12)C(=O)O. The van der Waals surface area contributed by atoms with Crippen molar-refractivity contribution in [2.45, 2.75) is 18.9 Å². The molecule has 0 bridgehead atoms. The van der Waals surface area contributed by atoms with Crippen LogP contribution in [0.4, 0.5) is 26.3 Å². The van der Waals surface area contributed by atoms with Gasteiger partial charge in [0.15, 0.2) is 0 Å². The van der Waals surface area contributed by atoms with Crippen LogP contribution in [-0.2, 0) is 23.7 Å². The number of fused-ring (bicyclic) bond motifs is 1. The molecule has 0 spiro atoms. The molecular formula is C22H11F6N3O2. The van der Waals surface area contributed by atoms with Crippen LogP contribution in [0, 0.1) is 22.7 Å². The summed E-state index contributed by atoms with van der Waals surface area (Å²) < 4.78 is 80.4. The summed E-state index contributed by atoms with van der Waals surface area (Å²) in [6.45, 7) is -0.443. The molecule has 1 N–H and O–H groups in total. The molecule has 0 atom stereocenters. The van der Waals surface area contributed by atoms with E-state index in [0.29, 0.717) is 12.1 Å². The zero-order valence-corrected chi connectivity index (χ0v) is 16.3. The molecular weight excluding hydrogens is 452 g/mol. The van der Waals surface area contributed by atoms with Crippen LogP contribution in [0.25, 0.3) is 17.0 Å². The second-order valence-electron chi connectivity index (χ2n) is 6.91. The van der Waals surface area contributed by atoms with Gasteiger partial charge in [0.1, 0.15) is 11.6 Å². The molecule has 0 saturated carbocycles. The summed E-state index contributed by atoms with van der Waals surface area (Å²) in [6, 6.07) is 8.90. The summed E-state index contributed by atoms with van der Waals surface area (Å²) >= 11 is 0. The number of hydrogen-bond donors (Lipinski definition) is 1. The van der Waals surface area contributed by atoms with Gasteiger partial charge in [0.2, 0.25) is 0 Å². The maximum absolute atomic E-state index is 13.2. The van der Waals surface area contributed by atoms with Crippen LogP contribution >= 0.6 is 0 Å². The molecule has 0 unspecified atom stereocenters. The van der Waals surface area contributed by atoms with Gasteiger partial charge in [-0.05, 0) is 42.0 Å². The Balaban J connectivity index is 2.24. The Hall–Kier alpha value is -4.25. The third kappa shape index (κ3) is 4.83. The van der Waals surface area contributed by atoms with E-state index in [1.54, 1.807) is 0 Å². The molecule has 0 saturated heterocycles. The van der Waals surface area contributed by atoms with Gasteiger partial charge in [-0.25, -0.2) is 4.79 Å². The highest BCUT2D eigenvalue weighted by Gasteiger charge is 2.37. The number of carbonyl (C=O) groups is 1. The third-order valence-electron chi connectivity index (χ3n) is 4.71. The minimum absolute atomic E-state index is 0.0191. The van der Waals surface area contributed by atoms with Crippen molar-refractivity contribution in [3.8, 4) is 12.1 Å². The van der Waals surface area contributed by atoms with Gasteiger partial charge in [-0.3, -0.25) is 0 Å². The molecule has 0 aliphatic rings. The van der Waals surface area contributed by atoms with Gasteiger partial charge >= 0.3 is 18.3 Å². The van der Waals surface area contributed by atoms with Gasteiger partial charge < -0.3 is 9.67 Å². The zero-order chi connectivity index (χ0) is 24.6. The summed E-state index contributed by atoms with van der Waals surface area (Å²) in [5.41, 5.74) is -3.48. The van der Waals surface area contributed by atoms with E-state index in [1.165, 1.54) is 35.0 Å². The van der Waals surface area contributed by atoms with Gasteiger partial charge in [0.05, 0.1) is 28.3 Å². The number of nitriles is 2. The number of benzene rings is 2. The lowest BCUT2D eigenvalue weighted by Gasteiger charge is -2.15. The second kappa shape index (κ2) is 8.36. The average Bonchev–Trinajstić information content (AvgIpc) is 3.07. The van der Waals surface area contributed by atoms with E-state index in [-0.39, 0.29) is 33.7 Å². The summed E-state index contributed by atoms with van der Waals surface area (Å²) in [7, 11) is 0. The fraction of sp³-hybridized carbons (Fsp3) is 0.136. The minimum Gasteiger partial charge on any atom is -0.477 e. The highest BCUT2D eigenvalue weighted by molar-refractivity contribution is 6.01. The van der Waals surface area contributed by atoms with Crippen LogP contribution in [0.15, 0.2) is 48.2 Å². The van der Waals surface area contributed by atoms with Crippen molar-refractivity contribution in [3.05, 3.63) is 76.0 Å². The molecule has 1 heterocycles. The van der Waals surface area contributed by atoms with Crippen molar-refractivity contribution in [1.82, 2.24) is 4.57 Å². The van der Waals surface area contributed by atoms with E-state index >= 15 is 0 Å². The first-order chi connectivity index (χ1) is 15.3. The van der Waals surface area contributed by atoms with Gasteiger partial charge in [-0.2, -0.15) is 36.9 Å². The van der Waals surface area contributed by atoms with Crippen molar-refractivity contribution in [1.29, 1.82) is 10.5 Å². The second-order valence-corrected chi connectivity index (χ2v) is 6.91. The maximum atomic E-state index is 13.2. The first-order valence-corrected chi connectivity index (χ1v) is 9.00. The van der Waals surface area contributed by atoms with E-state index in [2.05, 4.69) is 0 Å². The Morgan fingerprint density at radius 3 is 2.12 bits per heavy atom. The van der Waals surface area contributed by atoms with Crippen molar-refractivity contribution >= 4 is 22.9 Å². The van der Waals surface area contributed by atoms with Crippen LogP contribution in [0.2, 0.25) is 0 Å². The van der Waals surface area contributed by atoms with Crippen LogP contribution < -0.4 is 0 Å². The molecule has 11 heteroatoms. The number of aromatic nitrogens is 1. The highest BCUT2D eigenvalue weighted by Crippen LogP contribution is 2.37. The van der Waals surface area contributed by atoms with E-state index < -0.39 is 41.6 Å². The maximum Gasteiger partial charge on any atom is 0.416 e. The van der Waals surface area contributed by atoms with Crippen molar-refractivity contribution in [2.24, 2.45) is 0 Å². The largest absolute Gasteiger partial charge is 0.477 e. The predicted molar refractivity (Wildman–Crippen MR) is 103 cm³/mol. The number of halogens is 6. The molecule has 3 rings (SSSR count). The van der Waals surface area contributed by atoms with E-state index in [9.17, 15) is 36.4 Å².